The van der Waals surface area contributed by atoms with Crippen molar-refractivity contribution in [3.63, 3.8) is 0 Å². The number of hydrogen-bond acceptors (Lipinski definition) is 5. The summed E-state index contributed by atoms with van der Waals surface area (Å²) in [5.41, 5.74) is 1.23. The molecule has 2 aromatic heterocycles. The number of nitrogens with zero attached hydrogens (tertiary/aromatic N) is 4. The summed E-state index contributed by atoms with van der Waals surface area (Å²) in [5, 5.41) is 7.03. The molecule has 16 heavy (non-hydrogen) atoms. The fourth-order valence-corrected chi connectivity index (χ4v) is 1.85. The van der Waals surface area contributed by atoms with Crippen LogP contribution in [0.1, 0.15) is 23.3 Å². The molecule has 6 nitrogen and oxygen atoms in total. The fourth-order valence-electron chi connectivity index (χ4n) is 1.85. The Morgan fingerprint density at radius 1 is 1.56 bits per heavy atom. The molecule has 3 rings (SSSR count). The minimum atomic E-state index is 0.562. The predicted octanol–water partition coefficient (Wildman–Crippen LogP) is 0.310. The largest absolute Gasteiger partial charge is 0.337 e. The molecule has 1 N–H and O–H groups in total. The van der Waals surface area contributed by atoms with Crippen LogP contribution in [0.5, 0.6) is 0 Å². The van der Waals surface area contributed by atoms with Crippen molar-refractivity contribution in [3.05, 3.63) is 29.9 Å². The molecule has 0 unspecified atom stereocenters. The van der Waals surface area contributed by atoms with Crippen molar-refractivity contribution in [2.24, 2.45) is 0 Å². The Morgan fingerprint density at radius 3 is 3.06 bits per heavy atom. The minimum Gasteiger partial charge on any atom is -0.337 e. The summed E-state index contributed by atoms with van der Waals surface area (Å²) >= 11 is 0. The molecule has 0 atom stereocenters. The zero-order chi connectivity index (χ0) is 11.0. The van der Waals surface area contributed by atoms with Gasteiger partial charge in [0.2, 0.25) is 5.89 Å². The summed E-state index contributed by atoms with van der Waals surface area (Å²) < 4.78 is 7.17. The average molecular weight is 219 g/mol. The van der Waals surface area contributed by atoms with Gasteiger partial charge in [-0.05, 0) is 6.92 Å². The second-order valence-corrected chi connectivity index (χ2v) is 4.04. The van der Waals surface area contributed by atoms with Gasteiger partial charge in [0.15, 0.2) is 5.82 Å². The van der Waals surface area contributed by atoms with Crippen molar-refractivity contribution >= 4 is 0 Å². The van der Waals surface area contributed by atoms with Gasteiger partial charge in [-0.25, -0.2) is 4.98 Å². The molecule has 0 spiro atoms. The van der Waals surface area contributed by atoms with Gasteiger partial charge in [-0.15, -0.1) is 0 Å². The summed E-state index contributed by atoms with van der Waals surface area (Å²) in [7, 11) is 0. The number of hydrogen-bond donors (Lipinski definition) is 1. The van der Waals surface area contributed by atoms with Crippen LogP contribution in [0.2, 0.25) is 0 Å². The van der Waals surface area contributed by atoms with Crippen LogP contribution in [0.15, 0.2) is 17.0 Å². The van der Waals surface area contributed by atoms with Crippen LogP contribution in [0, 0.1) is 6.92 Å². The average Bonchev–Trinajstić information content (AvgIpc) is 2.75. The first-order valence-corrected chi connectivity index (χ1v) is 5.33. The Morgan fingerprint density at radius 2 is 2.44 bits per heavy atom. The third-order valence-corrected chi connectivity index (χ3v) is 2.82. The quantitative estimate of drug-likeness (QED) is 0.804. The van der Waals surface area contributed by atoms with Crippen molar-refractivity contribution in [2.45, 2.75) is 19.4 Å². The molecule has 0 saturated carbocycles. The van der Waals surface area contributed by atoms with Crippen LogP contribution in [-0.2, 0) is 6.54 Å². The first-order chi connectivity index (χ1) is 7.83. The first kappa shape index (κ1) is 9.53. The van der Waals surface area contributed by atoms with Crippen LogP contribution < -0.4 is 5.32 Å². The molecule has 6 heteroatoms. The summed E-state index contributed by atoms with van der Waals surface area (Å²) in [6.45, 7) is 4.47. The maximum Gasteiger partial charge on any atom is 0.246 e. The zero-order valence-corrected chi connectivity index (χ0v) is 9.05. The smallest absolute Gasteiger partial charge is 0.246 e. The maximum atomic E-state index is 5.10. The highest BCUT2D eigenvalue weighted by atomic mass is 16.5. The van der Waals surface area contributed by atoms with E-state index in [1.54, 1.807) is 0 Å². The molecule has 1 aliphatic heterocycles. The Labute approximate surface area is 92.7 Å². The van der Waals surface area contributed by atoms with Crippen molar-refractivity contribution in [1.82, 2.24) is 25.0 Å². The highest BCUT2D eigenvalue weighted by Gasteiger charge is 2.22. The normalized spacial score (nSPS) is 16.3. The molecular formula is C10H13N5O. The van der Waals surface area contributed by atoms with E-state index in [2.05, 4.69) is 25.0 Å². The second-order valence-electron chi connectivity index (χ2n) is 4.04. The monoisotopic (exact) mass is 219 g/mol. The second kappa shape index (κ2) is 3.71. The summed E-state index contributed by atoms with van der Waals surface area (Å²) in [6.07, 6.45) is 3.72. The number of nitrogens with one attached hydrogen (secondary N) is 1. The molecule has 0 aliphatic carbocycles. The standard InChI is InChI=1S/C10H13N5O/c1-7-13-10(16-14-7)5-15-6-12-4-9(15)8-2-11-3-8/h4,6,8,11H,2-3,5H2,1H3. The molecule has 3 heterocycles. The molecule has 0 aromatic carbocycles. The molecule has 0 amide bonds. The molecule has 0 radical (unpaired) electrons. The van der Waals surface area contributed by atoms with Gasteiger partial charge in [0.05, 0.1) is 6.33 Å². The molecular weight excluding hydrogens is 206 g/mol. The molecule has 84 valence electrons. The minimum absolute atomic E-state index is 0.562. The van der Waals surface area contributed by atoms with Crippen LogP contribution in [0.25, 0.3) is 0 Å². The number of rotatable bonds is 3. The van der Waals surface area contributed by atoms with E-state index in [1.165, 1.54) is 5.69 Å². The Bertz CT molecular complexity index is 485. The third kappa shape index (κ3) is 1.61. The van der Waals surface area contributed by atoms with Crippen molar-refractivity contribution in [3.8, 4) is 0 Å². The van der Waals surface area contributed by atoms with E-state index >= 15 is 0 Å². The van der Waals surface area contributed by atoms with Gasteiger partial charge in [0, 0.05) is 30.9 Å². The Hall–Kier alpha value is -1.69. The summed E-state index contributed by atoms with van der Waals surface area (Å²) in [5.74, 6) is 1.86. The Balaban J connectivity index is 1.81. The van der Waals surface area contributed by atoms with Crippen LogP contribution in [0.3, 0.4) is 0 Å². The highest BCUT2D eigenvalue weighted by Crippen LogP contribution is 2.19. The van der Waals surface area contributed by atoms with Gasteiger partial charge in [-0.1, -0.05) is 5.16 Å². The predicted molar refractivity (Wildman–Crippen MR) is 56.0 cm³/mol. The number of aromatic nitrogens is 4. The van der Waals surface area contributed by atoms with E-state index in [-0.39, 0.29) is 0 Å². The van der Waals surface area contributed by atoms with E-state index in [4.69, 9.17) is 4.52 Å². The van der Waals surface area contributed by atoms with Crippen molar-refractivity contribution in [2.75, 3.05) is 13.1 Å². The molecule has 1 aliphatic rings. The molecule has 1 saturated heterocycles. The fraction of sp³-hybridized carbons (Fsp3) is 0.500. The van der Waals surface area contributed by atoms with Gasteiger partial charge >= 0.3 is 0 Å². The molecule has 0 bridgehead atoms. The third-order valence-electron chi connectivity index (χ3n) is 2.82. The topological polar surface area (TPSA) is 68.8 Å². The summed E-state index contributed by atoms with van der Waals surface area (Å²) in [6, 6.07) is 0. The Kier molecular flexibility index (Phi) is 2.21. The number of aryl methyl sites for hydroxylation is 1. The highest BCUT2D eigenvalue weighted by molar-refractivity contribution is 5.12. The molecule has 1 fully saturated rings. The van der Waals surface area contributed by atoms with Crippen LogP contribution >= 0.6 is 0 Å². The lowest BCUT2D eigenvalue weighted by molar-refractivity contribution is 0.360. The van der Waals surface area contributed by atoms with E-state index < -0.39 is 0 Å². The summed E-state index contributed by atoms with van der Waals surface area (Å²) in [4.78, 5) is 8.36. The SMILES string of the molecule is Cc1noc(Cn2cncc2C2CNC2)n1. The number of imidazole rings is 1. The van der Waals surface area contributed by atoms with Gasteiger partial charge in [-0.2, -0.15) is 4.98 Å². The van der Waals surface area contributed by atoms with Gasteiger partial charge < -0.3 is 14.4 Å². The van der Waals surface area contributed by atoms with Crippen molar-refractivity contribution < 1.29 is 4.52 Å². The first-order valence-electron chi connectivity index (χ1n) is 5.33. The van der Waals surface area contributed by atoms with Gasteiger partial charge in [-0.3, -0.25) is 0 Å². The zero-order valence-electron chi connectivity index (χ0n) is 9.05. The van der Waals surface area contributed by atoms with E-state index in [1.807, 2.05) is 19.4 Å². The van der Waals surface area contributed by atoms with Crippen LogP contribution in [0.4, 0.5) is 0 Å². The van der Waals surface area contributed by atoms with Gasteiger partial charge in [0.1, 0.15) is 6.54 Å². The lowest BCUT2D eigenvalue weighted by Gasteiger charge is -2.27. The van der Waals surface area contributed by atoms with Crippen molar-refractivity contribution in [1.29, 1.82) is 0 Å². The lowest BCUT2D eigenvalue weighted by atomic mass is 10.00. The van der Waals surface area contributed by atoms with E-state index in [9.17, 15) is 0 Å². The van der Waals surface area contributed by atoms with Crippen LogP contribution in [-0.4, -0.2) is 32.8 Å². The van der Waals surface area contributed by atoms with E-state index in [0.29, 0.717) is 24.2 Å². The maximum absolute atomic E-state index is 5.10. The molecule has 2 aromatic rings. The lowest BCUT2D eigenvalue weighted by Crippen LogP contribution is -2.40. The van der Waals surface area contributed by atoms with E-state index in [0.717, 1.165) is 13.1 Å². The van der Waals surface area contributed by atoms with Gasteiger partial charge in [0.25, 0.3) is 0 Å².